The van der Waals surface area contributed by atoms with Gasteiger partial charge in [-0.15, -0.1) is 0 Å². The van der Waals surface area contributed by atoms with Crippen LogP contribution >= 0.6 is 0 Å². The monoisotopic (exact) mass is 566 g/mol. The molecule has 2 aromatic carbocycles. The number of benzene rings is 2. The molecule has 0 bridgehead atoms. The topological polar surface area (TPSA) is 137 Å². The molecular formula is C33H34N4O5. The molecule has 9 nitrogen and oxygen atoms in total. The lowest BCUT2D eigenvalue weighted by Gasteiger charge is -2.19. The Kier molecular flexibility index (Phi) is 9.73. The van der Waals surface area contributed by atoms with Crippen molar-refractivity contribution in [3.8, 4) is 23.1 Å². The molecule has 216 valence electrons. The quantitative estimate of drug-likeness (QED) is 0.199. The number of carbonyl (C=O) groups excluding carboxylic acids is 1. The van der Waals surface area contributed by atoms with E-state index in [1.54, 1.807) is 12.1 Å². The maximum atomic E-state index is 13.0. The van der Waals surface area contributed by atoms with Crippen LogP contribution in [0.5, 0.6) is 5.75 Å². The van der Waals surface area contributed by atoms with E-state index < -0.39 is 5.97 Å². The zero-order valence-electron chi connectivity index (χ0n) is 23.9. The van der Waals surface area contributed by atoms with E-state index in [1.807, 2.05) is 74.0 Å². The number of aliphatic hydroxyl groups is 1. The van der Waals surface area contributed by atoms with Gasteiger partial charge in [0.25, 0.3) is 5.91 Å². The van der Waals surface area contributed by atoms with Crippen molar-refractivity contribution in [2.75, 3.05) is 6.61 Å². The van der Waals surface area contributed by atoms with Gasteiger partial charge in [0.2, 0.25) is 0 Å². The summed E-state index contributed by atoms with van der Waals surface area (Å²) in [7, 11) is 0. The number of aliphatic carboxylic acids is 1. The molecule has 0 saturated carbocycles. The second-order valence-corrected chi connectivity index (χ2v) is 10.2. The Labute approximate surface area is 244 Å². The van der Waals surface area contributed by atoms with Gasteiger partial charge in [-0.1, -0.05) is 31.2 Å². The van der Waals surface area contributed by atoms with Gasteiger partial charge in [-0.05, 0) is 74.6 Å². The smallest absolute Gasteiger partial charge is 0.328 e. The summed E-state index contributed by atoms with van der Waals surface area (Å²) in [6.07, 6.45) is 6.34. The molecule has 0 spiro atoms. The van der Waals surface area contributed by atoms with E-state index in [0.29, 0.717) is 41.8 Å². The van der Waals surface area contributed by atoms with Crippen molar-refractivity contribution in [2.45, 2.75) is 52.2 Å². The molecule has 9 heteroatoms. The Morgan fingerprint density at radius 1 is 1.17 bits per heavy atom. The minimum atomic E-state index is -0.993. The van der Waals surface area contributed by atoms with Gasteiger partial charge >= 0.3 is 5.97 Å². The third kappa shape index (κ3) is 7.22. The highest BCUT2D eigenvalue weighted by Crippen LogP contribution is 2.27. The number of hydrogen-bond acceptors (Lipinski definition) is 6. The van der Waals surface area contributed by atoms with E-state index in [-0.39, 0.29) is 30.2 Å². The maximum Gasteiger partial charge on any atom is 0.328 e. The zero-order chi connectivity index (χ0) is 30.2. The highest BCUT2D eigenvalue weighted by atomic mass is 16.5. The van der Waals surface area contributed by atoms with Gasteiger partial charge in [0.1, 0.15) is 17.5 Å². The second kappa shape index (κ2) is 13.6. The van der Waals surface area contributed by atoms with Crippen molar-refractivity contribution >= 4 is 23.1 Å². The van der Waals surface area contributed by atoms with E-state index in [9.17, 15) is 25.1 Å². The number of ether oxygens (including phenoxy) is 1. The molecule has 1 amide bonds. The minimum absolute atomic E-state index is 0.0900. The average molecular weight is 567 g/mol. The number of aliphatic hydroxyl groups excluding tert-OH is 1. The summed E-state index contributed by atoms with van der Waals surface area (Å²) in [6, 6.07) is 18.1. The molecule has 0 aliphatic rings. The van der Waals surface area contributed by atoms with Crippen molar-refractivity contribution in [3.05, 3.63) is 95.3 Å². The van der Waals surface area contributed by atoms with Crippen molar-refractivity contribution < 1.29 is 24.5 Å². The second-order valence-electron chi connectivity index (χ2n) is 10.2. The predicted molar refractivity (Wildman–Crippen MR) is 160 cm³/mol. The van der Waals surface area contributed by atoms with Gasteiger partial charge in [-0.25, -0.2) is 9.78 Å². The number of carboxylic acid groups (broad SMARTS) is 1. The molecule has 0 radical (unpaired) electrons. The molecule has 2 aromatic heterocycles. The highest BCUT2D eigenvalue weighted by Gasteiger charge is 2.17. The fourth-order valence-electron chi connectivity index (χ4n) is 4.78. The van der Waals surface area contributed by atoms with Crippen LogP contribution in [0.2, 0.25) is 0 Å². The Morgan fingerprint density at radius 2 is 1.93 bits per heavy atom. The Morgan fingerprint density at radius 3 is 2.57 bits per heavy atom. The molecule has 0 saturated heterocycles. The molecule has 4 rings (SSSR count). The molecule has 3 N–H and O–H groups in total. The number of carboxylic acids is 1. The van der Waals surface area contributed by atoms with Crippen LogP contribution in [0.1, 0.15) is 60.7 Å². The molecule has 2 heterocycles. The first kappa shape index (κ1) is 30.0. The molecule has 1 atom stereocenters. The van der Waals surface area contributed by atoms with Crippen molar-refractivity contribution in [1.82, 2.24) is 14.7 Å². The number of rotatable bonds is 12. The van der Waals surface area contributed by atoms with Crippen LogP contribution in [0.3, 0.4) is 0 Å². The number of nitriles is 1. The lowest BCUT2D eigenvalue weighted by atomic mass is 10.0. The van der Waals surface area contributed by atoms with Crippen molar-refractivity contribution in [2.24, 2.45) is 0 Å². The van der Waals surface area contributed by atoms with Gasteiger partial charge in [-0.3, -0.25) is 4.79 Å². The summed E-state index contributed by atoms with van der Waals surface area (Å²) >= 11 is 0. The maximum absolute atomic E-state index is 13.0. The van der Waals surface area contributed by atoms with Gasteiger partial charge in [0.15, 0.2) is 0 Å². The molecule has 4 aromatic rings. The van der Waals surface area contributed by atoms with Gasteiger partial charge in [0, 0.05) is 47.8 Å². The fraction of sp³-hybridized carbons (Fsp3) is 0.273. The SMILES string of the molecule is CC/C(=C\C(=O)O)c1cccn2cc(-c3ccc(C[C@@H](CCO)NC(=O)c4ccc(OC(C)C)c(C#N)c4)cc3)nc12. The third-order valence-corrected chi connectivity index (χ3v) is 6.78. The number of amides is 1. The predicted octanol–water partition coefficient (Wildman–Crippen LogP) is 5.26. The number of aromatic nitrogens is 2. The van der Waals surface area contributed by atoms with Crippen LogP contribution in [-0.2, 0) is 11.2 Å². The molecule has 42 heavy (non-hydrogen) atoms. The summed E-state index contributed by atoms with van der Waals surface area (Å²) in [6.45, 7) is 5.56. The number of imidazole rings is 1. The first-order chi connectivity index (χ1) is 20.2. The summed E-state index contributed by atoms with van der Waals surface area (Å²) in [5, 5.41) is 31.4. The Bertz CT molecular complexity index is 1650. The molecule has 0 aliphatic carbocycles. The summed E-state index contributed by atoms with van der Waals surface area (Å²) in [5.74, 6) is -0.894. The summed E-state index contributed by atoms with van der Waals surface area (Å²) < 4.78 is 7.53. The Hall–Kier alpha value is -4.94. The number of hydrogen-bond donors (Lipinski definition) is 3. The average Bonchev–Trinajstić information content (AvgIpc) is 3.41. The first-order valence-electron chi connectivity index (χ1n) is 13.9. The molecule has 0 aliphatic heterocycles. The van der Waals surface area contributed by atoms with Gasteiger partial charge in [0.05, 0.1) is 17.4 Å². The van der Waals surface area contributed by atoms with Crippen LogP contribution in [0.25, 0.3) is 22.5 Å². The number of fused-ring (bicyclic) bond motifs is 1. The van der Waals surface area contributed by atoms with Gasteiger partial charge in [-0.2, -0.15) is 5.26 Å². The van der Waals surface area contributed by atoms with Gasteiger partial charge < -0.3 is 24.7 Å². The first-order valence-corrected chi connectivity index (χ1v) is 13.9. The van der Waals surface area contributed by atoms with E-state index in [2.05, 4.69) is 11.4 Å². The van der Waals surface area contributed by atoms with Crippen molar-refractivity contribution in [1.29, 1.82) is 5.26 Å². The number of allylic oxidation sites excluding steroid dienone is 1. The summed E-state index contributed by atoms with van der Waals surface area (Å²) in [4.78, 5) is 29.1. The number of carbonyl (C=O) groups is 2. The minimum Gasteiger partial charge on any atom is -0.490 e. The van der Waals surface area contributed by atoms with Crippen LogP contribution in [0.4, 0.5) is 0 Å². The van der Waals surface area contributed by atoms with E-state index in [1.165, 1.54) is 12.1 Å². The normalized spacial score (nSPS) is 12.2. The van der Waals surface area contributed by atoms with E-state index in [4.69, 9.17) is 9.72 Å². The number of pyridine rings is 1. The zero-order valence-corrected chi connectivity index (χ0v) is 23.9. The molecule has 0 unspecified atom stereocenters. The highest BCUT2D eigenvalue weighted by molar-refractivity contribution is 5.95. The van der Waals surface area contributed by atoms with Crippen molar-refractivity contribution in [3.63, 3.8) is 0 Å². The van der Waals surface area contributed by atoms with E-state index >= 15 is 0 Å². The largest absolute Gasteiger partial charge is 0.490 e. The summed E-state index contributed by atoms with van der Waals surface area (Å²) in [5.41, 5.74) is 5.39. The van der Waals surface area contributed by atoms with Crippen LogP contribution in [0.15, 0.2) is 73.1 Å². The number of nitrogens with zero attached hydrogens (tertiary/aromatic N) is 3. The molecular weight excluding hydrogens is 532 g/mol. The van der Waals surface area contributed by atoms with E-state index in [0.717, 1.165) is 22.4 Å². The third-order valence-electron chi connectivity index (χ3n) is 6.78. The lowest BCUT2D eigenvalue weighted by molar-refractivity contribution is -0.131. The molecule has 0 fully saturated rings. The fourth-order valence-corrected chi connectivity index (χ4v) is 4.78. The van der Waals surface area contributed by atoms with Crippen LogP contribution in [-0.4, -0.2) is 50.2 Å². The lowest BCUT2D eigenvalue weighted by Crippen LogP contribution is -2.37. The van der Waals surface area contributed by atoms with Crippen LogP contribution in [0, 0.1) is 11.3 Å². The number of nitrogens with one attached hydrogen (secondary N) is 1. The Balaban J connectivity index is 1.50. The standard InChI is InChI=1S/C33H34N4O5/c1-4-23(18-31(39)40)28-6-5-14-37-20-29(36-32(28)37)24-9-7-22(8-10-24)16-27(13-15-38)35-33(41)25-11-12-30(42-21(2)3)26(17-25)19-34/h5-12,14,17-18,20-21,27,38H,4,13,15-16H2,1-3H3,(H,35,41)(H,39,40)/b23-18+/t27-/m1/s1. The van der Waals surface area contributed by atoms with Crippen LogP contribution < -0.4 is 10.1 Å².